The second-order valence-corrected chi connectivity index (χ2v) is 17.1. The van der Waals surface area contributed by atoms with Crippen molar-refractivity contribution in [1.82, 2.24) is 25.4 Å². The quantitative estimate of drug-likeness (QED) is 0.171. The Balaban J connectivity index is 0.799. The molecule has 4 aliphatic rings. The number of nitriles is 1. The smallest absolute Gasteiger partial charge is 0.255 e. The van der Waals surface area contributed by atoms with Crippen LogP contribution in [0.4, 0.5) is 5.82 Å². The van der Waals surface area contributed by atoms with Crippen molar-refractivity contribution in [2.45, 2.75) is 84.5 Å². The largest absolute Gasteiger partial charge is 0.494 e. The Morgan fingerprint density at radius 1 is 0.982 bits per heavy atom. The molecule has 4 amide bonds. The highest BCUT2D eigenvalue weighted by molar-refractivity contribution is 6.31. The lowest BCUT2D eigenvalue weighted by molar-refractivity contribution is -0.164. The van der Waals surface area contributed by atoms with Crippen LogP contribution >= 0.6 is 11.6 Å². The first-order valence-corrected chi connectivity index (χ1v) is 20.1. The second kappa shape index (κ2) is 16.3. The van der Waals surface area contributed by atoms with Crippen molar-refractivity contribution < 1.29 is 28.7 Å². The minimum absolute atomic E-state index is 0.143. The summed E-state index contributed by atoms with van der Waals surface area (Å²) in [5.74, 6) is 1.10. The van der Waals surface area contributed by atoms with Crippen molar-refractivity contribution in [3.05, 3.63) is 82.0 Å². The lowest BCUT2D eigenvalue weighted by atomic mass is 9.49. The molecule has 3 aliphatic heterocycles. The number of benzene rings is 2. The third kappa shape index (κ3) is 8.29. The standard InChI is InChI=1S/C43H50ClN7O6/c1-42(2)40(43(3,4)41(42)57-31-10-8-27(24-45)33(44)23-31)48-37(53)28-9-14-35(46-25-28)50-19-17-49(18-20-50)16-6-5-7-21-56-30-11-12-32-29(22-30)26-51(39(32)55)34-13-15-36(52)47-38(34)54/h8-12,14,22-23,25,34,40-41H,5-7,13,15-21,26H2,1-4H3,(H,48,53)(H,47,52,54)/t34-,40-,41-/m0/s1. The Bertz CT molecular complexity index is 2060. The Labute approximate surface area is 338 Å². The van der Waals surface area contributed by atoms with Crippen LogP contribution in [0.3, 0.4) is 0 Å². The normalized spacial score (nSPS) is 22.6. The number of rotatable bonds is 13. The van der Waals surface area contributed by atoms with Crippen LogP contribution in [-0.2, 0) is 16.1 Å². The van der Waals surface area contributed by atoms with E-state index < -0.39 is 11.9 Å². The number of amides is 4. The summed E-state index contributed by atoms with van der Waals surface area (Å²) in [5, 5.41) is 15.1. The monoisotopic (exact) mass is 795 g/mol. The molecule has 2 aromatic carbocycles. The zero-order valence-corrected chi connectivity index (χ0v) is 33.7. The van der Waals surface area contributed by atoms with E-state index in [1.807, 2.05) is 24.3 Å². The van der Waals surface area contributed by atoms with Crippen LogP contribution in [0, 0.1) is 22.2 Å². The van der Waals surface area contributed by atoms with E-state index in [9.17, 15) is 24.4 Å². The first-order chi connectivity index (χ1) is 27.3. The fourth-order valence-electron chi connectivity index (χ4n) is 9.16. The van der Waals surface area contributed by atoms with E-state index in [0.717, 1.165) is 63.4 Å². The summed E-state index contributed by atoms with van der Waals surface area (Å²) in [6, 6.07) is 15.6. The predicted molar refractivity (Wildman–Crippen MR) is 214 cm³/mol. The van der Waals surface area contributed by atoms with Gasteiger partial charge in [-0.1, -0.05) is 39.3 Å². The predicted octanol–water partition coefficient (Wildman–Crippen LogP) is 5.35. The van der Waals surface area contributed by atoms with Crippen LogP contribution in [0.25, 0.3) is 0 Å². The lowest BCUT2D eigenvalue weighted by Crippen LogP contribution is -2.74. The number of piperazine rings is 1. The number of imide groups is 1. The molecule has 14 heteroatoms. The number of unbranched alkanes of at least 4 members (excludes halogenated alkanes) is 2. The summed E-state index contributed by atoms with van der Waals surface area (Å²) in [6.45, 7) is 13.9. The highest BCUT2D eigenvalue weighted by Crippen LogP contribution is 2.55. The van der Waals surface area contributed by atoms with E-state index in [-0.39, 0.29) is 47.1 Å². The van der Waals surface area contributed by atoms with Gasteiger partial charge in [-0.25, -0.2) is 4.98 Å². The Hall–Kier alpha value is -5.19. The fraction of sp³-hybridized carbons (Fsp3) is 0.488. The SMILES string of the molecule is CC1(C)[C@H](NC(=O)c2ccc(N3CCN(CCCCCOc4ccc5c(c4)CN([C@H]4CCC(=O)NC4=O)C5=O)CC3)nc2)C(C)(C)[C@H]1Oc1ccc(C#N)c(Cl)c1. The highest BCUT2D eigenvalue weighted by atomic mass is 35.5. The van der Waals surface area contributed by atoms with E-state index in [0.29, 0.717) is 52.8 Å². The van der Waals surface area contributed by atoms with Crippen molar-refractivity contribution in [2.24, 2.45) is 10.8 Å². The van der Waals surface area contributed by atoms with Gasteiger partial charge < -0.3 is 24.6 Å². The average Bonchev–Trinajstić information content (AvgIpc) is 3.52. The molecule has 0 radical (unpaired) electrons. The molecule has 7 rings (SSSR count). The minimum atomic E-state index is -0.626. The molecule has 1 aromatic heterocycles. The fourth-order valence-corrected chi connectivity index (χ4v) is 9.38. The number of hydrogen-bond acceptors (Lipinski definition) is 10. The van der Waals surface area contributed by atoms with Gasteiger partial charge in [-0.2, -0.15) is 5.26 Å². The number of nitrogens with one attached hydrogen (secondary N) is 2. The maximum Gasteiger partial charge on any atom is 0.255 e. The van der Waals surface area contributed by atoms with Gasteiger partial charge in [0.25, 0.3) is 11.8 Å². The molecule has 1 aliphatic carbocycles. The number of carbonyl (C=O) groups is 4. The zero-order chi connectivity index (χ0) is 40.5. The van der Waals surface area contributed by atoms with Gasteiger partial charge in [-0.15, -0.1) is 0 Å². The summed E-state index contributed by atoms with van der Waals surface area (Å²) < 4.78 is 12.4. The maximum absolute atomic E-state index is 13.4. The van der Waals surface area contributed by atoms with Crippen LogP contribution in [0.1, 0.15) is 91.6 Å². The number of aromatic nitrogens is 1. The van der Waals surface area contributed by atoms with E-state index in [2.05, 4.69) is 59.2 Å². The molecule has 4 heterocycles. The molecule has 2 N–H and O–H groups in total. The summed E-state index contributed by atoms with van der Waals surface area (Å²) in [6.07, 6.45) is 5.06. The Kier molecular flexibility index (Phi) is 11.5. The summed E-state index contributed by atoms with van der Waals surface area (Å²) in [5.41, 5.74) is 1.60. The number of anilines is 1. The lowest BCUT2D eigenvalue weighted by Gasteiger charge is -2.63. The van der Waals surface area contributed by atoms with Gasteiger partial charge in [0.2, 0.25) is 11.8 Å². The topological polar surface area (TPSA) is 157 Å². The molecule has 1 saturated carbocycles. The molecule has 1 atom stereocenters. The molecule has 3 fully saturated rings. The summed E-state index contributed by atoms with van der Waals surface area (Å²) in [4.78, 5) is 61.2. The van der Waals surface area contributed by atoms with Crippen molar-refractivity contribution in [1.29, 1.82) is 5.26 Å². The number of piperidine rings is 1. The van der Waals surface area contributed by atoms with Gasteiger partial charge in [0, 0.05) is 73.8 Å². The van der Waals surface area contributed by atoms with Gasteiger partial charge in [-0.05, 0) is 80.3 Å². The third-order valence-electron chi connectivity index (χ3n) is 12.0. The molecule has 0 bridgehead atoms. The number of nitrogens with zero attached hydrogens (tertiary/aromatic N) is 5. The van der Waals surface area contributed by atoms with Crippen LogP contribution in [0.2, 0.25) is 5.02 Å². The third-order valence-corrected chi connectivity index (χ3v) is 12.3. The number of carbonyl (C=O) groups excluding carboxylic acids is 4. The van der Waals surface area contributed by atoms with Gasteiger partial charge >= 0.3 is 0 Å². The molecule has 0 spiro atoms. The van der Waals surface area contributed by atoms with Crippen LogP contribution in [0.5, 0.6) is 11.5 Å². The van der Waals surface area contributed by atoms with E-state index >= 15 is 0 Å². The molecular weight excluding hydrogens is 746 g/mol. The van der Waals surface area contributed by atoms with Gasteiger partial charge in [0.15, 0.2) is 0 Å². The molecule has 57 heavy (non-hydrogen) atoms. The van der Waals surface area contributed by atoms with E-state index in [1.165, 1.54) is 0 Å². The van der Waals surface area contributed by atoms with Crippen LogP contribution in [0.15, 0.2) is 54.7 Å². The molecule has 0 unspecified atom stereocenters. The van der Waals surface area contributed by atoms with Crippen LogP contribution < -0.4 is 25.0 Å². The van der Waals surface area contributed by atoms with Gasteiger partial charge in [0.1, 0.15) is 35.5 Å². The van der Waals surface area contributed by atoms with Crippen molar-refractivity contribution in [2.75, 3.05) is 44.2 Å². The van der Waals surface area contributed by atoms with Crippen molar-refractivity contribution in [3.8, 4) is 17.6 Å². The first-order valence-electron chi connectivity index (χ1n) is 19.8. The molecule has 300 valence electrons. The van der Waals surface area contributed by atoms with Gasteiger partial charge in [-0.3, -0.25) is 29.4 Å². The Morgan fingerprint density at radius 2 is 1.74 bits per heavy atom. The average molecular weight is 796 g/mol. The first kappa shape index (κ1) is 40.0. The van der Waals surface area contributed by atoms with E-state index in [1.54, 1.807) is 35.4 Å². The summed E-state index contributed by atoms with van der Waals surface area (Å²) in [7, 11) is 0. The number of pyridine rings is 1. The number of ether oxygens (including phenoxy) is 2. The Morgan fingerprint density at radius 3 is 2.42 bits per heavy atom. The number of halogens is 1. The molecular formula is C43H50ClN7O6. The molecule has 3 aromatic rings. The van der Waals surface area contributed by atoms with E-state index in [4.69, 9.17) is 21.1 Å². The molecule has 2 saturated heterocycles. The van der Waals surface area contributed by atoms with Crippen molar-refractivity contribution in [3.63, 3.8) is 0 Å². The second-order valence-electron chi connectivity index (χ2n) is 16.7. The van der Waals surface area contributed by atoms with Crippen LogP contribution in [-0.4, -0.2) is 95.9 Å². The van der Waals surface area contributed by atoms with Crippen molar-refractivity contribution >= 4 is 41.0 Å². The minimum Gasteiger partial charge on any atom is -0.494 e. The number of hydrogen-bond donors (Lipinski definition) is 2. The number of fused-ring (bicyclic) bond motifs is 1. The highest BCUT2D eigenvalue weighted by Gasteiger charge is 2.64. The van der Waals surface area contributed by atoms with Gasteiger partial charge in [0.05, 0.1) is 22.8 Å². The molecule has 13 nitrogen and oxygen atoms in total. The summed E-state index contributed by atoms with van der Waals surface area (Å²) >= 11 is 6.24. The zero-order valence-electron chi connectivity index (χ0n) is 33.0. The maximum atomic E-state index is 13.4.